The Labute approximate surface area is 157 Å². The highest BCUT2D eigenvalue weighted by atomic mass is 32.2. The molecular formula is C20H33NO4S. The van der Waals surface area contributed by atoms with Crippen molar-refractivity contribution in [2.45, 2.75) is 78.2 Å². The van der Waals surface area contributed by atoms with E-state index < -0.39 is 10.3 Å². The van der Waals surface area contributed by atoms with Crippen molar-refractivity contribution in [1.29, 1.82) is 0 Å². The molecule has 148 valence electrons. The van der Waals surface area contributed by atoms with Gasteiger partial charge in [0, 0.05) is 11.8 Å². The first-order chi connectivity index (χ1) is 12.0. The molecule has 26 heavy (non-hydrogen) atoms. The summed E-state index contributed by atoms with van der Waals surface area (Å²) in [6.45, 7) is 6.93. The number of carbonyl (C=O) groups excluding carboxylic acids is 1. The van der Waals surface area contributed by atoms with Crippen LogP contribution < -0.4 is 5.14 Å². The summed E-state index contributed by atoms with van der Waals surface area (Å²) in [7, 11) is -3.88. The molecule has 0 heterocycles. The topological polar surface area (TPSA) is 86.5 Å². The largest absolute Gasteiger partial charge is 0.333 e. The third-order valence-electron chi connectivity index (χ3n) is 8.90. The number of hydrogen-bond donors (Lipinski definition) is 1. The number of carbonyl (C=O) groups is 1. The lowest BCUT2D eigenvalue weighted by atomic mass is 9.44. The normalized spacial score (nSPS) is 51.5. The smallest absolute Gasteiger partial charge is 0.299 e. The van der Waals surface area contributed by atoms with Crippen molar-refractivity contribution in [3.8, 4) is 0 Å². The van der Waals surface area contributed by atoms with Gasteiger partial charge in [0.2, 0.25) is 0 Å². The molecular weight excluding hydrogens is 350 g/mol. The third-order valence-corrected chi connectivity index (χ3v) is 9.44. The minimum atomic E-state index is -3.88. The second kappa shape index (κ2) is 6.02. The fourth-order valence-corrected chi connectivity index (χ4v) is 8.33. The van der Waals surface area contributed by atoms with E-state index in [-0.39, 0.29) is 16.9 Å². The second-order valence-corrected chi connectivity index (χ2v) is 11.3. The summed E-state index contributed by atoms with van der Waals surface area (Å²) in [5.74, 6) is 3.33. The predicted molar refractivity (Wildman–Crippen MR) is 99.3 cm³/mol. The summed E-state index contributed by atoms with van der Waals surface area (Å²) in [6, 6.07) is 0. The third kappa shape index (κ3) is 2.78. The summed E-state index contributed by atoms with van der Waals surface area (Å²) < 4.78 is 27.8. The molecule has 2 N–H and O–H groups in total. The number of fused-ring (bicyclic) bond motifs is 5. The van der Waals surface area contributed by atoms with E-state index in [1.54, 1.807) is 0 Å². The minimum Gasteiger partial charge on any atom is -0.299 e. The van der Waals surface area contributed by atoms with E-state index in [2.05, 4.69) is 20.8 Å². The average Bonchev–Trinajstić information content (AvgIpc) is 2.76. The predicted octanol–water partition coefficient (Wildman–Crippen LogP) is 3.43. The molecule has 0 aliphatic heterocycles. The molecule has 0 aromatic carbocycles. The van der Waals surface area contributed by atoms with Gasteiger partial charge in [0.1, 0.15) is 5.78 Å². The molecule has 0 bridgehead atoms. The van der Waals surface area contributed by atoms with Crippen molar-refractivity contribution < 1.29 is 17.4 Å². The van der Waals surface area contributed by atoms with Crippen LogP contribution in [0, 0.1) is 40.4 Å². The number of hydrogen-bond acceptors (Lipinski definition) is 4. The zero-order valence-electron chi connectivity index (χ0n) is 16.2. The van der Waals surface area contributed by atoms with Crippen LogP contribution in [-0.4, -0.2) is 20.3 Å². The zero-order chi connectivity index (χ0) is 18.9. The number of rotatable bonds is 2. The van der Waals surface area contributed by atoms with Crippen LogP contribution >= 0.6 is 0 Å². The van der Waals surface area contributed by atoms with Gasteiger partial charge in [-0.2, -0.15) is 8.42 Å². The standard InChI is InChI=1S/C20H33NO4S/c1-12-10-17(22)20(3)9-7-16-15(18(12)20)5-4-13-11-14(25-26(21,23)24)6-8-19(13,16)2/h12-16,18H,4-11H2,1-3H3,(H2,21,23,24)/t12-,13-,14-,15-,16+,18+,19+,20-/m1/s1. The van der Waals surface area contributed by atoms with Crippen molar-refractivity contribution in [1.82, 2.24) is 0 Å². The lowest BCUT2D eigenvalue weighted by Gasteiger charge is -2.60. The molecule has 4 aliphatic carbocycles. The Morgan fingerprint density at radius 2 is 1.85 bits per heavy atom. The van der Waals surface area contributed by atoms with Crippen molar-refractivity contribution in [2.24, 2.45) is 45.6 Å². The van der Waals surface area contributed by atoms with Gasteiger partial charge in [-0.25, -0.2) is 5.14 Å². The van der Waals surface area contributed by atoms with Crippen LogP contribution in [0.5, 0.6) is 0 Å². The Morgan fingerprint density at radius 1 is 1.12 bits per heavy atom. The van der Waals surface area contributed by atoms with Crippen molar-refractivity contribution in [2.75, 3.05) is 0 Å². The highest BCUT2D eigenvalue weighted by Gasteiger charge is 2.62. The van der Waals surface area contributed by atoms with Crippen LogP contribution in [-0.2, 0) is 19.3 Å². The van der Waals surface area contributed by atoms with Gasteiger partial charge < -0.3 is 0 Å². The molecule has 0 aromatic rings. The lowest BCUT2D eigenvalue weighted by molar-refractivity contribution is -0.143. The molecule has 0 saturated heterocycles. The zero-order valence-corrected chi connectivity index (χ0v) is 17.1. The van der Waals surface area contributed by atoms with E-state index in [9.17, 15) is 13.2 Å². The van der Waals surface area contributed by atoms with Gasteiger partial charge in [-0.05, 0) is 80.0 Å². The first-order valence-corrected chi connectivity index (χ1v) is 11.8. The molecule has 0 unspecified atom stereocenters. The van der Waals surface area contributed by atoms with E-state index in [1.807, 2.05) is 0 Å². The van der Waals surface area contributed by atoms with Gasteiger partial charge in [0.25, 0.3) is 0 Å². The summed E-state index contributed by atoms with van der Waals surface area (Å²) in [4.78, 5) is 12.7. The van der Waals surface area contributed by atoms with Crippen LogP contribution in [0.25, 0.3) is 0 Å². The Hall–Kier alpha value is -0.460. The average molecular weight is 384 g/mol. The van der Waals surface area contributed by atoms with Crippen LogP contribution in [0.3, 0.4) is 0 Å². The molecule has 4 saturated carbocycles. The van der Waals surface area contributed by atoms with Crippen molar-refractivity contribution >= 4 is 16.1 Å². The maximum Gasteiger partial charge on any atom is 0.333 e. The SMILES string of the molecule is C[C@@H]1CC(=O)[C@@]2(C)CC[C@H]3[C@@H](CC[C@@H]4C[C@H](OS(N)(=O)=O)CC[C@@]43C)[C@H]12. The molecule has 0 spiro atoms. The Kier molecular flexibility index (Phi) is 4.37. The van der Waals surface area contributed by atoms with Gasteiger partial charge in [-0.3, -0.25) is 8.98 Å². The van der Waals surface area contributed by atoms with Crippen molar-refractivity contribution in [3.05, 3.63) is 0 Å². The minimum absolute atomic E-state index is 0.0995. The van der Waals surface area contributed by atoms with Gasteiger partial charge in [-0.1, -0.05) is 20.8 Å². The Balaban J connectivity index is 1.56. The molecule has 8 atom stereocenters. The van der Waals surface area contributed by atoms with Crippen LogP contribution in [0.15, 0.2) is 0 Å². The molecule has 0 aromatic heterocycles. The second-order valence-electron chi connectivity index (χ2n) is 10.1. The first kappa shape index (κ1) is 18.9. The fourth-order valence-electron chi connectivity index (χ4n) is 7.77. The summed E-state index contributed by atoms with van der Waals surface area (Å²) >= 11 is 0. The van der Waals surface area contributed by atoms with E-state index in [0.717, 1.165) is 44.9 Å². The van der Waals surface area contributed by atoms with E-state index in [0.29, 0.717) is 35.4 Å². The van der Waals surface area contributed by atoms with Gasteiger partial charge in [0.05, 0.1) is 6.10 Å². The first-order valence-electron chi connectivity index (χ1n) is 10.3. The van der Waals surface area contributed by atoms with Crippen molar-refractivity contribution in [3.63, 3.8) is 0 Å². The number of ketones is 1. The van der Waals surface area contributed by atoms with E-state index in [4.69, 9.17) is 9.32 Å². The summed E-state index contributed by atoms with van der Waals surface area (Å²) in [6.07, 6.45) is 7.53. The van der Waals surface area contributed by atoms with E-state index >= 15 is 0 Å². The maximum atomic E-state index is 12.7. The van der Waals surface area contributed by atoms with Gasteiger partial charge in [-0.15, -0.1) is 0 Å². The summed E-state index contributed by atoms with van der Waals surface area (Å²) in [5.41, 5.74) is 0.144. The molecule has 0 amide bonds. The molecule has 4 aliphatic rings. The highest BCUT2D eigenvalue weighted by Crippen LogP contribution is 2.66. The highest BCUT2D eigenvalue weighted by molar-refractivity contribution is 7.84. The fraction of sp³-hybridized carbons (Fsp3) is 0.950. The van der Waals surface area contributed by atoms with Gasteiger partial charge in [0.15, 0.2) is 0 Å². The number of Topliss-reactive ketones (excluding diaryl/α,β-unsaturated/α-hetero) is 1. The summed E-state index contributed by atoms with van der Waals surface area (Å²) in [5, 5.41) is 5.09. The molecule has 0 radical (unpaired) electrons. The monoisotopic (exact) mass is 383 g/mol. The maximum absolute atomic E-state index is 12.7. The Morgan fingerprint density at radius 3 is 2.54 bits per heavy atom. The molecule has 4 rings (SSSR count). The molecule has 6 heteroatoms. The molecule has 5 nitrogen and oxygen atoms in total. The van der Waals surface area contributed by atoms with Gasteiger partial charge >= 0.3 is 10.3 Å². The molecule has 4 fully saturated rings. The van der Waals surface area contributed by atoms with Crippen LogP contribution in [0.2, 0.25) is 0 Å². The quantitative estimate of drug-likeness (QED) is 0.791. The van der Waals surface area contributed by atoms with Crippen LogP contribution in [0.4, 0.5) is 0 Å². The number of nitrogens with two attached hydrogens (primary N) is 1. The Bertz CT molecular complexity index is 707. The van der Waals surface area contributed by atoms with E-state index in [1.165, 1.54) is 6.42 Å². The van der Waals surface area contributed by atoms with Crippen LogP contribution in [0.1, 0.15) is 72.1 Å². The lowest BCUT2D eigenvalue weighted by Crippen LogP contribution is -2.55.